The van der Waals surface area contributed by atoms with Crippen LogP contribution in [0.15, 0.2) is 0 Å². The minimum Gasteiger partial charge on any atom is -0.479 e. The van der Waals surface area contributed by atoms with Crippen molar-refractivity contribution in [2.75, 3.05) is 26.2 Å². The number of nitrogens with one attached hydrogen (secondary N) is 2. The van der Waals surface area contributed by atoms with Gasteiger partial charge in [-0.3, -0.25) is 4.55 Å². The Kier molecular flexibility index (Phi) is 20.5. The van der Waals surface area contributed by atoms with Crippen molar-refractivity contribution in [1.82, 2.24) is 10.6 Å². The summed E-state index contributed by atoms with van der Waals surface area (Å²) >= 11 is 0. The van der Waals surface area contributed by atoms with E-state index in [2.05, 4.69) is 31.4 Å². The summed E-state index contributed by atoms with van der Waals surface area (Å²) in [7, 11) is -4.45. The van der Waals surface area contributed by atoms with Crippen LogP contribution in [-0.4, -0.2) is 107 Å². The van der Waals surface area contributed by atoms with E-state index >= 15 is 0 Å². The standard InChI is InChI=1S/C34H65N3O5S.2C3H6O3/c1-23(2)31(42-43(39,40)41)12-9-24(3)27-10-11-28-32-29(14-16-34(27,28)5)33(4)15-13-26(21-25(33)22-30(32)38)37-20-8-19-36-18-7-6-17-35;2*1-2(4)3(5)6/h23-32,36-38H,6-22,35H2,1-5H3,(H,39,40,41);2*2,4H,1H3,(H,5,6)/t24-,25-,26+,27-,28+,29?,30-,31+,32?,33+,34-;;/m1../s1. The highest BCUT2D eigenvalue weighted by molar-refractivity contribution is 7.80. The second-order valence-corrected chi connectivity index (χ2v) is 19.0. The van der Waals surface area contributed by atoms with Gasteiger partial charge in [-0.05, 0) is 176 Å². The molecule has 15 heteroatoms. The highest BCUT2D eigenvalue weighted by Crippen LogP contribution is 2.68. The largest absolute Gasteiger partial charge is 0.479 e. The summed E-state index contributed by atoms with van der Waals surface area (Å²) in [6.45, 7) is 17.7. The normalized spacial score (nSPS) is 33.7. The summed E-state index contributed by atoms with van der Waals surface area (Å²) in [5, 5.41) is 50.7. The maximum Gasteiger partial charge on any atom is 0.397 e. The molecule has 0 aliphatic heterocycles. The highest BCUT2D eigenvalue weighted by Gasteiger charge is 2.62. The molecule has 13 atom stereocenters. The fourth-order valence-corrected chi connectivity index (χ4v) is 11.3. The van der Waals surface area contributed by atoms with Gasteiger partial charge in [-0.15, -0.1) is 0 Å². The van der Waals surface area contributed by atoms with Crippen LogP contribution in [-0.2, 0) is 24.2 Å². The lowest BCUT2D eigenvalue weighted by atomic mass is 9.43. The molecule has 4 unspecified atom stereocenters. The molecule has 55 heavy (non-hydrogen) atoms. The van der Waals surface area contributed by atoms with Crippen LogP contribution in [0.25, 0.3) is 0 Å². The average Bonchev–Trinajstić information content (AvgIpc) is 3.45. The third-order valence-corrected chi connectivity index (χ3v) is 14.3. The first-order valence-electron chi connectivity index (χ1n) is 20.9. The van der Waals surface area contributed by atoms with E-state index in [9.17, 15) is 27.7 Å². The Bertz CT molecular complexity index is 1250. The van der Waals surface area contributed by atoms with Crippen molar-refractivity contribution >= 4 is 22.3 Å². The molecule has 0 saturated heterocycles. The van der Waals surface area contributed by atoms with Crippen LogP contribution in [0.4, 0.5) is 0 Å². The second-order valence-electron chi connectivity index (χ2n) is 17.9. The number of aliphatic carboxylic acids is 2. The molecule has 4 aliphatic carbocycles. The van der Waals surface area contributed by atoms with Gasteiger partial charge in [0.05, 0.1) is 12.2 Å². The summed E-state index contributed by atoms with van der Waals surface area (Å²) in [6.07, 6.45) is 11.3. The van der Waals surface area contributed by atoms with Crippen LogP contribution >= 0.6 is 0 Å². The number of carboxylic acid groups (broad SMARTS) is 2. The number of nitrogens with two attached hydrogens (primary N) is 1. The minimum absolute atomic E-state index is 0.0152. The molecular formula is C40H77N3O11S. The van der Waals surface area contributed by atoms with Gasteiger partial charge in [0.25, 0.3) is 0 Å². The lowest BCUT2D eigenvalue weighted by Gasteiger charge is -2.62. The average molecular weight is 808 g/mol. The highest BCUT2D eigenvalue weighted by atomic mass is 32.3. The topological polar surface area (TPSA) is 249 Å². The van der Waals surface area contributed by atoms with E-state index in [1.807, 2.05) is 13.8 Å². The van der Waals surface area contributed by atoms with Crippen LogP contribution in [0.2, 0.25) is 0 Å². The van der Waals surface area contributed by atoms with Gasteiger partial charge in [0.1, 0.15) is 12.2 Å². The monoisotopic (exact) mass is 808 g/mol. The number of carboxylic acids is 2. The van der Waals surface area contributed by atoms with Gasteiger partial charge in [-0.2, -0.15) is 8.42 Å². The van der Waals surface area contributed by atoms with Crippen molar-refractivity contribution in [2.45, 2.75) is 162 Å². The number of hydrogen-bond acceptors (Lipinski definition) is 11. The third-order valence-electron chi connectivity index (χ3n) is 13.8. The van der Waals surface area contributed by atoms with E-state index in [4.69, 9.17) is 30.3 Å². The number of carbonyl (C=O) groups is 2. The zero-order chi connectivity index (χ0) is 41.7. The van der Waals surface area contributed by atoms with E-state index in [0.717, 1.165) is 58.3 Å². The molecule has 14 nitrogen and oxygen atoms in total. The Hall–Kier alpha value is -1.43. The molecule has 0 radical (unpaired) electrons. The Morgan fingerprint density at radius 2 is 1.38 bits per heavy atom. The fourth-order valence-electron chi connectivity index (χ4n) is 10.7. The Morgan fingerprint density at radius 1 is 0.818 bits per heavy atom. The number of hydrogen-bond donors (Lipinski definition) is 9. The lowest BCUT2D eigenvalue weighted by Crippen LogP contribution is -2.59. The molecule has 0 amide bonds. The molecular weight excluding hydrogens is 731 g/mol. The van der Waals surface area contributed by atoms with E-state index in [1.165, 1.54) is 58.8 Å². The summed E-state index contributed by atoms with van der Waals surface area (Å²) in [6, 6.07) is 0.573. The number of aliphatic hydroxyl groups is 3. The third kappa shape index (κ3) is 14.7. The molecule has 0 aromatic rings. The smallest absolute Gasteiger partial charge is 0.397 e. The van der Waals surface area contributed by atoms with Crippen molar-refractivity contribution in [1.29, 1.82) is 0 Å². The van der Waals surface area contributed by atoms with Gasteiger partial charge in [0, 0.05) is 6.04 Å². The summed E-state index contributed by atoms with van der Waals surface area (Å²) in [5.41, 5.74) is 6.13. The van der Waals surface area contributed by atoms with Gasteiger partial charge >= 0.3 is 22.3 Å². The minimum atomic E-state index is -4.45. The van der Waals surface area contributed by atoms with Crippen molar-refractivity contribution in [3.8, 4) is 0 Å². The molecule has 10 N–H and O–H groups in total. The Labute approximate surface area is 331 Å². The summed E-state index contributed by atoms with van der Waals surface area (Å²) in [4.78, 5) is 18.9. The van der Waals surface area contributed by atoms with E-state index in [1.54, 1.807) is 0 Å². The van der Waals surface area contributed by atoms with Gasteiger partial charge < -0.3 is 41.9 Å². The van der Waals surface area contributed by atoms with Gasteiger partial charge in [0.2, 0.25) is 0 Å². The van der Waals surface area contributed by atoms with Crippen LogP contribution in [0, 0.1) is 52.3 Å². The Balaban J connectivity index is 0.000000754. The Morgan fingerprint density at radius 3 is 1.93 bits per heavy atom. The molecule has 4 rings (SSSR count). The first kappa shape index (κ1) is 49.7. The zero-order valence-corrected chi connectivity index (χ0v) is 35.5. The molecule has 0 bridgehead atoms. The molecule has 0 aromatic heterocycles. The van der Waals surface area contributed by atoms with Crippen molar-refractivity contribution < 1.29 is 52.3 Å². The van der Waals surface area contributed by atoms with Gasteiger partial charge in [-0.25, -0.2) is 13.8 Å². The molecule has 324 valence electrons. The van der Waals surface area contributed by atoms with E-state index < -0.39 is 40.6 Å². The van der Waals surface area contributed by atoms with Crippen LogP contribution in [0.1, 0.15) is 132 Å². The predicted octanol–water partition coefficient (Wildman–Crippen LogP) is 4.46. The molecule has 4 aliphatic rings. The maximum atomic E-state index is 11.8. The first-order valence-corrected chi connectivity index (χ1v) is 22.2. The van der Waals surface area contributed by atoms with E-state index in [-0.39, 0.29) is 17.4 Å². The summed E-state index contributed by atoms with van der Waals surface area (Å²) in [5.74, 6) is 0.842. The van der Waals surface area contributed by atoms with Gasteiger partial charge in [-0.1, -0.05) is 34.6 Å². The van der Waals surface area contributed by atoms with Gasteiger partial charge in [0.15, 0.2) is 0 Å². The van der Waals surface area contributed by atoms with Crippen LogP contribution in [0.3, 0.4) is 0 Å². The predicted molar refractivity (Wildman–Crippen MR) is 212 cm³/mol. The quantitative estimate of drug-likeness (QED) is 0.0686. The first-order chi connectivity index (χ1) is 25.6. The van der Waals surface area contributed by atoms with Crippen molar-refractivity contribution in [3.05, 3.63) is 0 Å². The van der Waals surface area contributed by atoms with Crippen molar-refractivity contribution in [2.24, 2.45) is 58.0 Å². The molecule has 4 saturated carbocycles. The number of unbranched alkanes of at least 4 members (excludes halogenated alkanes) is 1. The number of fused-ring (bicyclic) bond motifs is 5. The van der Waals surface area contributed by atoms with E-state index in [0.29, 0.717) is 53.4 Å². The second kappa shape index (κ2) is 22.6. The van der Waals surface area contributed by atoms with Crippen molar-refractivity contribution in [3.63, 3.8) is 0 Å². The number of rotatable bonds is 18. The molecule has 0 spiro atoms. The molecule has 4 fully saturated rings. The van der Waals surface area contributed by atoms with Crippen LogP contribution < -0.4 is 16.4 Å². The number of aliphatic hydroxyl groups excluding tert-OH is 3. The maximum absolute atomic E-state index is 11.8. The molecule has 0 heterocycles. The fraction of sp³-hybridized carbons (Fsp3) is 0.950. The van der Waals surface area contributed by atoms with Crippen LogP contribution in [0.5, 0.6) is 0 Å². The molecule has 0 aromatic carbocycles. The zero-order valence-electron chi connectivity index (χ0n) is 34.7. The lowest BCUT2D eigenvalue weighted by molar-refractivity contribution is -0.167. The summed E-state index contributed by atoms with van der Waals surface area (Å²) < 4.78 is 37.1. The SMILES string of the molecule is CC(C)[C@H](CC[C@@H](C)[C@H]1CC[C@H]2C3C(CC[C@]12C)[C@@]1(C)CC[C@H](NCCCNCCCCN)C[C@@H]1C[C@H]3O)OS(=O)(=O)O.CC(O)C(=O)O.CC(O)C(=O)O.